The summed E-state index contributed by atoms with van der Waals surface area (Å²) < 4.78 is 11.2. The monoisotopic (exact) mass is 849 g/mol. The molecule has 0 saturated carbocycles. The van der Waals surface area contributed by atoms with Crippen molar-refractivity contribution in [2.24, 2.45) is 10.8 Å². The van der Waals surface area contributed by atoms with E-state index in [0.29, 0.717) is 16.8 Å². The lowest BCUT2D eigenvalue weighted by Crippen LogP contribution is -2.59. The van der Waals surface area contributed by atoms with Crippen LogP contribution in [0, 0.1) is 10.1 Å². The highest BCUT2D eigenvalue weighted by molar-refractivity contribution is 6.05. The van der Waals surface area contributed by atoms with E-state index < -0.39 is 64.7 Å². The number of ether oxygens (including phenoxy) is 2. The van der Waals surface area contributed by atoms with E-state index in [1.54, 1.807) is 72.8 Å². The van der Waals surface area contributed by atoms with Crippen LogP contribution in [0.15, 0.2) is 134 Å². The number of nitrogens with two attached hydrogens (primary N) is 1. The smallest absolute Gasteiger partial charge is 0.266 e. The molecule has 62 heavy (non-hydrogen) atoms. The van der Waals surface area contributed by atoms with Gasteiger partial charge in [-0.15, -0.1) is 13.2 Å². The van der Waals surface area contributed by atoms with Gasteiger partial charge in [0.2, 0.25) is 23.6 Å². The molecule has 5 amide bonds. The number of rotatable bonds is 25. The lowest BCUT2D eigenvalue weighted by Gasteiger charge is -2.27. The van der Waals surface area contributed by atoms with Crippen LogP contribution in [-0.4, -0.2) is 97.7 Å². The first-order valence-electron chi connectivity index (χ1n) is 19.7. The van der Waals surface area contributed by atoms with E-state index in [2.05, 4.69) is 50.2 Å². The molecule has 0 radical (unpaired) electrons. The van der Waals surface area contributed by atoms with Gasteiger partial charge in [0.15, 0.2) is 5.03 Å². The molecular weight excluding hydrogens is 799 g/mol. The van der Waals surface area contributed by atoms with Crippen molar-refractivity contribution in [2.75, 3.05) is 38.3 Å². The van der Waals surface area contributed by atoms with Gasteiger partial charge in [0.1, 0.15) is 29.3 Å². The zero-order valence-electron chi connectivity index (χ0n) is 34.0. The Balaban J connectivity index is 1.60. The molecule has 0 aromatic heterocycles. The van der Waals surface area contributed by atoms with Crippen LogP contribution in [0.5, 0.6) is 0 Å². The van der Waals surface area contributed by atoms with Crippen LogP contribution in [0.2, 0.25) is 0 Å². The number of hydrazone groups is 1. The van der Waals surface area contributed by atoms with Gasteiger partial charge in [-0.05, 0) is 42.0 Å². The van der Waals surface area contributed by atoms with Crippen LogP contribution in [0.4, 0.5) is 5.69 Å². The van der Waals surface area contributed by atoms with Crippen LogP contribution < -0.4 is 37.6 Å². The Morgan fingerprint density at radius 1 is 0.694 bits per heavy atom. The van der Waals surface area contributed by atoms with E-state index in [-0.39, 0.29) is 52.2 Å². The summed E-state index contributed by atoms with van der Waals surface area (Å²) in [5.41, 5.74) is 7.02. The summed E-state index contributed by atoms with van der Waals surface area (Å²) in [6.45, 7) is 6.89. The number of nitrogens with zero attached hydrogens (tertiary/aromatic N) is 2. The first-order chi connectivity index (χ1) is 30.0. The van der Waals surface area contributed by atoms with Gasteiger partial charge in [-0.1, -0.05) is 97.1 Å². The molecule has 4 rings (SSSR count). The van der Waals surface area contributed by atoms with Crippen molar-refractivity contribution in [3.63, 3.8) is 0 Å². The minimum atomic E-state index is -1.33. The number of benzene rings is 4. The van der Waals surface area contributed by atoms with Gasteiger partial charge in [-0.2, -0.15) is 0 Å². The molecule has 0 saturated heterocycles. The third-order valence-corrected chi connectivity index (χ3v) is 9.09. The van der Waals surface area contributed by atoms with Crippen molar-refractivity contribution >= 4 is 52.0 Å². The Morgan fingerprint density at radius 2 is 1.24 bits per heavy atom. The first-order valence-corrected chi connectivity index (χ1v) is 19.7. The van der Waals surface area contributed by atoms with E-state index in [4.69, 9.17) is 15.2 Å². The molecule has 0 spiro atoms. The fraction of sp³-hybridized carbons (Fsp3) is 0.273. The van der Waals surface area contributed by atoms with Crippen molar-refractivity contribution in [1.82, 2.24) is 26.6 Å². The topological polar surface area (TPSA) is 258 Å². The van der Waals surface area contributed by atoms with Gasteiger partial charge in [0, 0.05) is 29.6 Å². The molecule has 4 aromatic carbocycles. The summed E-state index contributed by atoms with van der Waals surface area (Å²) in [4.78, 5) is 80.1. The van der Waals surface area contributed by atoms with Crippen LogP contribution in [-0.2, 0) is 35.1 Å². The molecule has 0 aliphatic rings. The second kappa shape index (κ2) is 25.2. The van der Waals surface area contributed by atoms with Gasteiger partial charge in [0.05, 0.1) is 26.4 Å². The predicted octanol–water partition coefficient (Wildman–Crippen LogP) is 2.56. The molecule has 4 atom stereocenters. The average molecular weight is 850 g/mol. The largest absolute Gasteiger partial charge is 0.375 e. The summed E-state index contributed by atoms with van der Waals surface area (Å²) in [6, 6.07) is 24.7. The second-order valence-corrected chi connectivity index (χ2v) is 13.7. The zero-order valence-corrected chi connectivity index (χ0v) is 34.0. The quantitative estimate of drug-likeness (QED) is 0.0127. The third-order valence-electron chi connectivity index (χ3n) is 9.09. The van der Waals surface area contributed by atoms with Crippen LogP contribution >= 0.6 is 0 Å². The molecule has 0 heterocycles. The number of guanidine groups is 1. The van der Waals surface area contributed by atoms with E-state index in [9.17, 15) is 34.1 Å². The van der Waals surface area contributed by atoms with Crippen molar-refractivity contribution in [3.8, 4) is 0 Å². The van der Waals surface area contributed by atoms with Gasteiger partial charge in [-0.3, -0.25) is 24.0 Å². The molecule has 8 N–H and O–H groups in total. The standard InChI is InChI=1S/C44H51N9O9/c1-3-25-61-28-37(50-39(54)32-18-9-6-10-19-32)43(58)49-36(27-30-15-7-5-8-16-30)41(56)48-35(23-14-24-46-44(45)52-53(59)60)40(55)51-38(29-62-26-4-2)42(57)47-34-22-13-20-31-17-11-12-21-33(31)34/h3-13,15-22,35-38H,1-2,14,23-29H2,(H,47,57)(H,48,56)(H,49,58)(H,50,54)(H,51,55)(H3,45,46,52). The van der Waals surface area contributed by atoms with E-state index in [0.717, 1.165) is 10.8 Å². The van der Waals surface area contributed by atoms with Gasteiger partial charge in [-0.25, -0.2) is 10.1 Å². The fourth-order valence-electron chi connectivity index (χ4n) is 6.08. The van der Waals surface area contributed by atoms with Gasteiger partial charge >= 0.3 is 0 Å². The molecule has 18 heteroatoms. The maximum atomic E-state index is 14.3. The number of carbonyl (C=O) groups excluding carboxylic acids is 5. The van der Waals surface area contributed by atoms with Crippen LogP contribution in [0.3, 0.4) is 0 Å². The van der Waals surface area contributed by atoms with E-state index in [1.165, 1.54) is 12.2 Å². The molecule has 0 aliphatic carbocycles. The maximum Gasteiger partial charge on any atom is 0.266 e. The number of hydrogen-bond donors (Lipinski definition) is 7. The van der Waals surface area contributed by atoms with Crippen molar-refractivity contribution in [2.45, 2.75) is 43.4 Å². The van der Waals surface area contributed by atoms with Crippen LogP contribution in [0.1, 0.15) is 28.8 Å². The number of carbonyl (C=O) groups is 5. The number of amides is 5. The maximum absolute atomic E-state index is 14.3. The molecule has 0 bridgehead atoms. The number of hydrogen-bond acceptors (Lipinski definition) is 9. The molecule has 4 aromatic rings. The van der Waals surface area contributed by atoms with Gasteiger partial charge in [0.25, 0.3) is 11.9 Å². The van der Waals surface area contributed by atoms with Crippen LogP contribution in [0.25, 0.3) is 10.8 Å². The Bertz CT molecular complexity index is 2180. The van der Waals surface area contributed by atoms with E-state index in [1.807, 2.05) is 30.3 Å². The van der Waals surface area contributed by atoms with Gasteiger partial charge < -0.3 is 47.1 Å². The number of nitro groups is 1. The minimum Gasteiger partial charge on any atom is -0.375 e. The molecule has 4 unspecified atom stereocenters. The summed E-state index contributed by atoms with van der Waals surface area (Å²) in [6.07, 6.45) is 2.98. The second-order valence-electron chi connectivity index (χ2n) is 13.7. The molecule has 0 aliphatic heterocycles. The highest BCUT2D eigenvalue weighted by Crippen LogP contribution is 2.23. The number of nitrogens with one attached hydrogen (secondary N) is 6. The lowest BCUT2D eigenvalue weighted by atomic mass is 10.0. The third kappa shape index (κ3) is 15.6. The Hall–Kier alpha value is -7.44. The number of fused-ring (bicyclic) bond motifs is 1. The molecule has 18 nitrogen and oxygen atoms in total. The summed E-state index contributed by atoms with van der Waals surface area (Å²) in [5.74, 6) is -3.93. The lowest BCUT2D eigenvalue weighted by molar-refractivity contribution is -0.485. The first kappa shape index (κ1) is 47.2. The highest BCUT2D eigenvalue weighted by Gasteiger charge is 2.32. The Labute approximate surface area is 358 Å². The number of anilines is 1. The SMILES string of the molecule is C=CCOCC(NC(=O)c1ccccc1)C(=O)NC(Cc1ccccc1)C(=O)NC(CCCN/C(N)=N/[N+](=O)[O-])C(=O)NC(COCC=C)C(=O)Nc1cccc2ccccc12. The normalized spacial score (nSPS) is 13.0. The molecule has 0 fully saturated rings. The average Bonchev–Trinajstić information content (AvgIpc) is 3.26. The minimum absolute atomic E-state index is 0.00788. The van der Waals surface area contributed by atoms with E-state index >= 15 is 0 Å². The summed E-state index contributed by atoms with van der Waals surface area (Å²) in [5, 5.41) is 30.7. The van der Waals surface area contributed by atoms with Crippen molar-refractivity contribution in [3.05, 3.63) is 150 Å². The summed E-state index contributed by atoms with van der Waals surface area (Å²) >= 11 is 0. The molecule has 326 valence electrons. The highest BCUT2D eigenvalue weighted by atomic mass is 16.7. The van der Waals surface area contributed by atoms with Crippen molar-refractivity contribution in [1.29, 1.82) is 0 Å². The Morgan fingerprint density at radius 3 is 1.90 bits per heavy atom. The predicted molar refractivity (Wildman–Crippen MR) is 234 cm³/mol. The van der Waals surface area contributed by atoms with Crippen molar-refractivity contribution < 1.29 is 38.5 Å². The molecular formula is C44H51N9O9. The fourth-order valence-corrected chi connectivity index (χ4v) is 6.08. The zero-order chi connectivity index (χ0) is 44.7. The Kier molecular flexibility index (Phi) is 19.2. The summed E-state index contributed by atoms with van der Waals surface area (Å²) in [7, 11) is 0.